The van der Waals surface area contributed by atoms with E-state index in [2.05, 4.69) is 10.6 Å². The molecule has 1 aliphatic heterocycles. The van der Waals surface area contributed by atoms with Gasteiger partial charge in [-0.2, -0.15) is 0 Å². The minimum atomic E-state index is -3.77. The standard InChI is InChI=1S/C24H27NO5S2/c1-2-3-4-5-8-18-15-23(26)24(29-12-7-13-30-24)22-16-20(10-11-21(18)22)32(27,28)25-17-19-9-6-14-31-19/h1,6,9-11,14,16,18,25H,3-5,7-8,12-13,15,17H2. The van der Waals surface area contributed by atoms with E-state index in [0.29, 0.717) is 38.0 Å². The van der Waals surface area contributed by atoms with Gasteiger partial charge < -0.3 is 9.47 Å². The molecule has 1 aliphatic carbocycles. The number of ether oxygens (including phenoxy) is 2. The number of sulfonamides is 1. The Bertz CT molecular complexity index is 1100. The first-order valence-electron chi connectivity index (χ1n) is 10.9. The van der Waals surface area contributed by atoms with Crippen molar-refractivity contribution in [1.82, 2.24) is 4.72 Å². The second kappa shape index (κ2) is 9.86. The van der Waals surface area contributed by atoms with Crippen LogP contribution in [0.1, 0.15) is 60.4 Å². The highest BCUT2D eigenvalue weighted by atomic mass is 32.2. The number of nitrogens with one attached hydrogen (secondary N) is 1. The maximum absolute atomic E-state index is 13.2. The average Bonchev–Trinajstić information content (AvgIpc) is 3.33. The molecule has 2 aliphatic rings. The van der Waals surface area contributed by atoms with E-state index < -0.39 is 15.8 Å². The van der Waals surface area contributed by atoms with Gasteiger partial charge in [0.05, 0.1) is 18.1 Å². The number of thiophene rings is 1. The van der Waals surface area contributed by atoms with Gasteiger partial charge in [-0.1, -0.05) is 18.6 Å². The normalized spacial score (nSPS) is 20.1. The van der Waals surface area contributed by atoms with Crippen LogP contribution in [0.4, 0.5) is 0 Å². The number of terminal acetylenes is 1. The van der Waals surface area contributed by atoms with E-state index in [9.17, 15) is 13.2 Å². The van der Waals surface area contributed by atoms with E-state index >= 15 is 0 Å². The summed E-state index contributed by atoms with van der Waals surface area (Å²) in [6, 6.07) is 8.74. The Morgan fingerprint density at radius 3 is 2.75 bits per heavy atom. The summed E-state index contributed by atoms with van der Waals surface area (Å²) in [5, 5.41) is 1.90. The quantitative estimate of drug-likeness (QED) is 0.462. The van der Waals surface area contributed by atoms with Crippen LogP contribution >= 0.6 is 11.3 Å². The van der Waals surface area contributed by atoms with Crippen molar-refractivity contribution >= 4 is 27.1 Å². The van der Waals surface area contributed by atoms with Crippen LogP contribution in [0.15, 0.2) is 40.6 Å². The van der Waals surface area contributed by atoms with Gasteiger partial charge in [-0.05, 0) is 54.3 Å². The molecule has 1 unspecified atom stereocenters. The second-order valence-electron chi connectivity index (χ2n) is 8.09. The molecule has 8 heteroatoms. The molecule has 2 heterocycles. The first-order valence-corrected chi connectivity index (χ1v) is 13.2. The molecule has 0 bridgehead atoms. The van der Waals surface area contributed by atoms with Crippen molar-refractivity contribution in [3.8, 4) is 12.3 Å². The van der Waals surface area contributed by atoms with Crippen molar-refractivity contribution in [2.75, 3.05) is 13.2 Å². The smallest absolute Gasteiger partial charge is 0.256 e. The number of rotatable bonds is 8. The summed E-state index contributed by atoms with van der Waals surface area (Å²) in [5.74, 6) is 0.980. The molecular weight excluding hydrogens is 446 g/mol. The zero-order chi connectivity index (χ0) is 22.6. The first-order chi connectivity index (χ1) is 15.5. The molecule has 1 aromatic carbocycles. The number of hydrogen-bond donors (Lipinski definition) is 1. The van der Waals surface area contributed by atoms with E-state index in [-0.39, 0.29) is 23.1 Å². The third-order valence-electron chi connectivity index (χ3n) is 5.97. The van der Waals surface area contributed by atoms with Gasteiger partial charge in [-0.15, -0.1) is 23.7 Å². The van der Waals surface area contributed by atoms with Crippen LogP contribution in [-0.2, 0) is 36.6 Å². The number of hydrogen-bond acceptors (Lipinski definition) is 6. The molecule has 170 valence electrons. The molecule has 0 amide bonds. The fraction of sp³-hybridized carbons (Fsp3) is 0.458. The van der Waals surface area contributed by atoms with Crippen LogP contribution in [0, 0.1) is 12.3 Å². The van der Waals surface area contributed by atoms with Gasteiger partial charge >= 0.3 is 0 Å². The molecule has 1 atom stereocenters. The van der Waals surface area contributed by atoms with Crippen LogP contribution in [-0.4, -0.2) is 27.4 Å². The van der Waals surface area contributed by atoms with E-state index in [4.69, 9.17) is 15.9 Å². The molecule has 0 radical (unpaired) electrons. The molecule has 0 saturated carbocycles. The third-order valence-corrected chi connectivity index (χ3v) is 8.24. The lowest BCUT2D eigenvalue weighted by Gasteiger charge is -2.42. The van der Waals surface area contributed by atoms with Crippen LogP contribution in [0.2, 0.25) is 0 Å². The Hall–Kier alpha value is -2.02. The van der Waals surface area contributed by atoms with Crippen LogP contribution < -0.4 is 4.72 Å². The molecule has 1 N–H and O–H groups in total. The van der Waals surface area contributed by atoms with E-state index in [0.717, 1.165) is 29.7 Å². The minimum Gasteiger partial charge on any atom is -0.340 e. The molecule has 1 aromatic heterocycles. The molecule has 1 saturated heterocycles. The molecule has 2 aromatic rings. The van der Waals surface area contributed by atoms with E-state index in [1.165, 1.54) is 11.3 Å². The number of ketones is 1. The maximum atomic E-state index is 13.2. The Morgan fingerprint density at radius 1 is 1.22 bits per heavy atom. The van der Waals surface area contributed by atoms with Crippen LogP contribution in [0.25, 0.3) is 0 Å². The summed E-state index contributed by atoms with van der Waals surface area (Å²) in [6.45, 7) is 1.00. The number of carbonyl (C=O) groups excluding carboxylic acids is 1. The molecule has 6 nitrogen and oxygen atoms in total. The second-order valence-corrected chi connectivity index (χ2v) is 10.9. The van der Waals surface area contributed by atoms with Crippen molar-refractivity contribution in [2.24, 2.45) is 0 Å². The number of Topliss-reactive ketones (excluding diaryl/α,β-unsaturated/α-hetero) is 1. The number of benzene rings is 1. The van der Waals surface area contributed by atoms with Gasteiger partial charge in [0.2, 0.25) is 10.0 Å². The van der Waals surface area contributed by atoms with Gasteiger partial charge in [0.1, 0.15) is 0 Å². The predicted molar refractivity (Wildman–Crippen MR) is 123 cm³/mol. The van der Waals surface area contributed by atoms with Crippen molar-refractivity contribution in [3.05, 3.63) is 51.7 Å². The van der Waals surface area contributed by atoms with E-state index in [1.807, 2.05) is 23.6 Å². The third kappa shape index (κ3) is 4.68. The summed E-state index contributed by atoms with van der Waals surface area (Å²) >= 11 is 1.49. The summed E-state index contributed by atoms with van der Waals surface area (Å²) in [4.78, 5) is 14.3. The topological polar surface area (TPSA) is 81.7 Å². The maximum Gasteiger partial charge on any atom is 0.256 e. The van der Waals surface area contributed by atoms with Crippen molar-refractivity contribution < 1.29 is 22.7 Å². The van der Waals surface area contributed by atoms with E-state index in [1.54, 1.807) is 12.1 Å². The molecule has 4 rings (SSSR count). The average molecular weight is 474 g/mol. The molecule has 32 heavy (non-hydrogen) atoms. The van der Waals surface area contributed by atoms with Crippen molar-refractivity contribution in [2.45, 2.75) is 61.7 Å². The van der Waals surface area contributed by atoms with Crippen LogP contribution in [0.3, 0.4) is 0 Å². The largest absolute Gasteiger partial charge is 0.340 e. The number of fused-ring (bicyclic) bond motifs is 2. The molecular formula is C24H27NO5S2. The lowest BCUT2D eigenvalue weighted by atomic mass is 9.76. The fourth-order valence-electron chi connectivity index (χ4n) is 4.35. The predicted octanol–water partition coefficient (Wildman–Crippen LogP) is 4.07. The highest BCUT2D eigenvalue weighted by Gasteiger charge is 2.50. The van der Waals surface area contributed by atoms with Gasteiger partial charge in [-0.3, -0.25) is 4.79 Å². The minimum absolute atomic E-state index is 0.00846. The van der Waals surface area contributed by atoms with Crippen LogP contribution in [0.5, 0.6) is 0 Å². The lowest BCUT2D eigenvalue weighted by molar-refractivity contribution is -0.263. The Kier molecular flexibility index (Phi) is 7.13. The highest BCUT2D eigenvalue weighted by molar-refractivity contribution is 7.89. The SMILES string of the molecule is C#CCCCCC1CC(=O)C2(OCCCO2)c2cc(S(=O)(=O)NCc3cccs3)ccc21. The molecule has 1 spiro atoms. The Balaban J connectivity index is 1.66. The van der Waals surface area contributed by atoms with Gasteiger partial charge in [0.25, 0.3) is 5.79 Å². The number of carbonyl (C=O) groups is 1. The van der Waals surface area contributed by atoms with Gasteiger partial charge in [-0.25, -0.2) is 13.1 Å². The summed E-state index contributed by atoms with van der Waals surface area (Å²) in [6.07, 6.45) is 9.67. The fourth-order valence-corrected chi connectivity index (χ4v) is 6.12. The summed E-state index contributed by atoms with van der Waals surface area (Å²) < 4.78 is 40.5. The Labute approximate surface area is 193 Å². The zero-order valence-corrected chi connectivity index (χ0v) is 19.5. The summed E-state index contributed by atoms with van der Waals surface area (Å²) in [5.41, 5.74) is 1.44. The van der Waals surface area contributed by atoms with Crippen molar-refractivity contribution in [1.29, 1.82) is 0 Å². The number of unbranched alkanes of at least 4 members (excludes halogenated alkanes) is 2. The molecule has 1 fully saturated rings. The first kappa shape index (κ1) is 23.1. The Morgan fingerprint density at radius 2 is 2.03 bits per heavy atom. The lowest BCUT2D eigenvalue weighted by Crippen LogP contribution is -2.49. The van der Waals surface area contributed by atoms with Gasteiger partial charge in [0, 0.05) is 29.8 Å². The monoisotopic (exact) mass is 473 g/mol. The highest BCUT2D eigenvalue weighted by Crippen LogP contribution is 2.46. The summed E-state index contributed by atoms with van der Waals surface area (Å²) in [7, 11) is -3.77. The van der Waals surface area contributed by atoms with Crippen molar-refractivity contribution in [3.63, 3.8) is 0 Å². The van der Waals surface area contributed by atoms with Gasteiger partial charge in [0.15, 0.2) is 5.78 Å². The zero-order valence-electron chi connectivity index (χ0n) is 17.8.